The Morgan fingerprint density at radius 1 is 1.04 bits per heavy atom. The number of rotatable bonds is 6. The highest BCUT2D eigenvalue weighted by atomic mass is 32.2. The zero-order chi connectivity index (χ0) is 19.4. The fourth-order valence-corrected chi connectivity index (χ4v) is 4.26. The standard InChI is InChI=1S/C19H20N4O3S/c1-3-23(4-2)27(25,26)15-8-5-7-14(13-15)21-22-17-10-11-18(24)19-16(17)9-6-12-20-19/h5-13,24H,3-4H2,1-2H3. The first-order chi connectivity index (χ1) is 13.0. The quantitative estimate of drug-likeness (QED) is 0.638. The number of phenolic OH excluding ortho intramolecular Hbond substituents is 1. The molecule has 8 heteroatoms. The molecule has 0 aliphatic heterocycles. The zero-order valence-electron chi connectivity index (χ0n) is 15.1. The molecular weight excluding hydrogens is 364 g/mol. The van der Waals surface area contributed by atoms with Crippen molar-refractivity contribution in [3.63, 3.8) is 0 Å². The molecule has 0 saturated carbocycles. The molecule has 0 spiro atoms. The van der Waals surface area contributed by atoms with Crippen LogP contribution in [0.5, 0.6) is 5.75 Å². The molecule has 0 unspecified atom stereocenters. The van der Waals surface area contributed by atoms with Gasteiger partial charge in [-0.1, -0.05) is 19.9 Å². The molecule has 1 N–H and O–H groups in total. The number of sulfonamides is 1. The SMILES string of the molecule is CCN(CC)S(=O)(=O)c1cccc(N=Nc2ccc(O)c3ncccc23)c1. The van der Waals surface area contributed by atoms with Gasteiger partial charge in [0.15, 0.2) is 0 Å². The van der Waals surface area contributed by atoms with Crippen molar-refractivity contribution >= 4 is 32.3 Å². The third-order valence-electron chi connectivity index (χ3n) is 4.16. The summed E-state index contributed by atoms with van der Waals surface area (Å²) in [4.78, 5) is 4.32. The van der Waals surface area contributed by atoms with E-state index in [0.29, 0.717) is 35.4 Å². The van der Waals surface area contributed by atoms with Gasteiger partial charge in [-0.15, -0.1) is 5.11 Å². The van der Waals surface area contributed by atoms with Gasteiger partial charge >= 0.3 is 0 Å². The molecular formula is C19H20N4O3S. The minimum absolute atomic E-state index is 0.0665. The van der Waals surface area contributed by atoms with Crippen LogP contribution in [0.25, 0.3) is 10.9 Å². The van der Waals surface area contributed by atoms with Crippen LogP contribution < -0.4 is 0 Å². The molecule has 7 nitrogen and oxygen atoms in total. The summed E-state index contributed by atoms with van der Waals surface area (Å²) in [5.41, 5.74) is 1.40. The number of fused-ring (bicyclic) bond motifs is 1. The van der Waals surface area contributed by atoms with Crippen LogP contribution in [0.3, 0.4) is 0 Å². The first kappa shape index (κ1) is 18.9. The molecule has 27 heavy (non-hydrogen) atoms. The van der Waals surface area contributed by atoms with Crippen molar-refractivity contribution in [2.24, 2.45) is 10.2 Å². The summed E-state index contributed by atoms with van der Waals surface area (Å²) in [5, 5.41) is 19.0. The van der Waals surface area contributed by atoms with Crippen molar-refractivity contribution < 1.29 is 13.5 Å². The average Bonchev–Trinajstić information content (AvgIpc) is 2.69. The molecule has 0 radical (unpaired) electrons. The van der Waals surface area contributed by atoms with E-state index in [2.05, 4.69) is 15.2 Å². The Morgan fingerprint density at radius 2 is 1.81 bits per heavy atom. The number of hydrogen-bond acceptors (Lipinski definition) is 6. The van der Waals surface area contributed by atoms with Crippen LogP contribution in [0.15, 0.2) is 69.9 Å². The van der Waals surface area contributed by atoms with Crippen LogP contribution in [0.2, 0.25) is 0 Å². The van der Waals surface area contributed by atoms with Crippen molar-refractivity contribution in [3.05, 3.63) is 54.7 Å². The van der Waals surface area contributed by atoms with Crippen molar-refractivity contribution in [1.29, 1.82) is 0 Å². The van der Waals surface area contributed by atoms with E-state index in [0.717, 1.165) is 0 Å². The molecule has 0 bridgehead atoms. The third kappa shape index (κ3) is 3.81. The van der Waals surface area contributed by atoms with Gasteiger partial charge in [0.05, 0.1) is 16.3 Å². The van der Waals surface area contributed by atoms with Gasteiger partial charge in [0.25, 0.3) is 0 Å². The maximum atomic E-state index is 12.7. The van der Waals surface area contributed by atoms with E-state index in [1.54, 1.807) is 56.4 Å². The minimum atomic E-state index is -3.56. The van der Waals surface area contributed by atoms with E-state index in [1.165, 1.54) is 16.4 Å². The molecule has 1 aromatic heterocycles. The molecule has 2 aromatic carbocycles. The van der Waals surface area contributed by atoms with Gasteiger partial charge in [-0.25, -0.2) is 8.42 Å². The predicted octanol–water partition coefficient (Wildman–Crippen LogP) is 4.39. The summed E-state index contributed by atoms with van der Waals surface area (Å²) >= 11 is 0. The number of pyridine rings is 1. The first-order valence-corrected chi connectivity index (χ1v) is 10.00. The van der Waals surface area contributed by atoms with Gasteiger partial charge < -0.3 is 5.11 Å². The molecule has 0 aliphatic rings. The second-order valence-corrected chi connectivity index (χ2v) is 7.73. The molecule has 0 fully saturated rings. The summed E-state index contributed by atoms with van der Waals surface area (Å²) in [7, 11) is -3.56. The molecule has 0 amide bonds. The number of aromatic hydroxyl groups is 1. The van der Waals surface area contributed by atoms with Gasteiger partial charge in [-0.05, 0) is 42.5 Å². The number of benzene rings is 2. The van der Waals surface area contributed by atoms with Crippen LogP contribution in [-0.2, 0) is 10.0 Å². The second kappa shape index (κ2) is 7.81. The fourth-order valence-electron chi connectivity index (χ4n) is 2.76. The molecule has 0 atom stereocenters. The Morgan fingerprint density at radius 3 is 2.56 bits per heavy atom. The highest BCUT2D eigenvalue weighted by Gasteiger charge is 2.21. The average molecular weight is 384 g/mol. The van der Waals surface area contributed by atoms with Gasteiger partial charge in [0.1, 0.15) is 11.3 Å². The highest BCUT2D eigenvalue weighted by molar-refractivity contribution is 7.89. The Balaban J connectivity index is 1.97. The van der Waals surface area contributed by atoms with E-state index in [1.807, 2.05) is 0 Å². The lowest BCUT2D eigenvalue weighted by molar-refractivity contribution is 0.445. The highest BCUT2D eigenvalue weighted by Crippen LogP contribution is 2.32. The smallest absolute Gasteiger partial charge is 0.243 e. The van der Waals surface area contributed by atoms with E-state index >= 15 is 0 Å². The van der Waals surface area contributed by atoms with Gasteiger partial charge in [0, 0.05) is 24.7 Å². The normalized spacial score (nSPS) is 12.3. The third-order valence-corrected chi connectivity index (χ3v) is 6.21. The maximum Gasteiger partial charge on any atom is 0.243 e. The number of azo groups is 1. The second-order valence-electron chi connectivity index (χ2n) is 5.79. The van der Waals surface area contributed by atoms with Crippen molar-refractivity contribution in [2.75, 3.05) is 13.1 Å². The summed E-state index contributed by atoms with van der Waals surface area (Å²) < 4.78 is 26.7. The summed E-state index contributed by atoms with van der Waals surface area (Å²) in [6.45, 7) is 4.40. The van der Waals surface area contributed by atoms with Crippen LogP contribution in [-0.4, -0.2) is 35.9 Å². The topological polar surface area (TPSA) is 95.2 Å². The number of phenols is 1. The molecule has 1 heterocycles. The maximum absolute atomic E-state index is 12.7. The van der Waals surface area contributed by atoms with E-state index in [-0.39, 0.29) is 10.6 Å². The van der Waals surface area contributed by atoms with Crippen LogP contribution >= 0.6 is 0 Å². The fraction of sp³-hybridized carbons (Fsp3) is 0.211. The lowest BCUT2D eigenvalue weighted by Crippen LogP contribution is -2.30. The van der Waals surface area contributed by atoms with E-state index < -0.39 is 10.0 Å². The molecule has 140 valence electrons. The molecule has 3 aromatic rings. The summed E-state index contributed by atoms with van der Waals surface area (Å²) in [6.07, 6.45) is 1.59. The lowest BCUT2D eigenvalue weighted by Gasteiger charge is -2.18. The largest absolute Gasteiger partial charge is 0.506 e. The van der Waals surface area contributed by atoms with E-state index in [4.69, 9.17) is 0 Å². The number of nitrogens with zero attached hydrogens (tertiary/aromatic N) is 4. The Kier molecular flexibility index (Phi) is 5.48. The van der Waals surface area contributed by atoms with Crippen LogP contribution in [0, 0.1) is 0 Å². The Hall–Kier alpha value is -2.84. The van der Waals surface area contributed by atoms with Gasteiger partial charge in [-0.3, -0.25) is 4.98 Å². The summed E-state index contributed by atoms with van der Waals surface area (Å²) in [5.74, 6) is 0.0665. The van der Waals surface area contributed by atoms with Crippen molar-refractivity contribution in [2.45, 2.75) is 18.7 Å². The first-order valence-electron chi connectivity index (χ1n) is 8.56. The monoisotopic (exact) mass is 384 g/mol. The van der Waals surface area contributed by atoms with Gasteiger partial charge in [-0.2, -0.15) is 9.42 Å². The predicted molar refractivity (Wildman–Crippen MR) is 104 cm³/mol. The van der Waals surface area contributed by atoms with Gasteiger partial charge in [0.2, 0.25) is 10.0 Å². The van der Waals surface area contributed by atoms with Crippen LogP contribution in [0.1, 0.15) is 13.8 Å². The number of aromatic nitrogens is 1. The minimum Gasteiger partial charge on any atom is -0.506 e. The van der Waals surface area contributed by atoms with Crippen LogP contribution in [0.4, 0.5) is 11.4 Å². The zero-order valence-corrected chi connectivity index (χ0v) is 15.9. The van der Waals surface area contributed by atoms with Crippen molar-refractivity contribution in [3.8, 4) is 5.75 Å². The Labute approximate surface area is 158 Å². The molecule has 0 saturated heterocycles. The Bertz CT molecular complexity index is 1090. The number of hydrogen-bond donors (Lipinski definition) is 1. The van der Waals surface area contributed by atoms with Crippen molar-refractivity contribution in [1.82, 2.24) is 9.29 Å². The van der Waals surface area contributed by atoms with E-state index in [9.17, 15) is 13.5 Å². The summed E-state index contributed by atoms with van der Waals surface area (Å²) in [6, 6.07) is 13.1. The lowest BCUT2D eigenvalue weighted by atomic mass is 10.2. The molecule has 3 rings (SSSR count). The molecule has 0 aliphatic carbocycles.